The second kappa shape index (κ2) is 9.65. The standard InChI is InChI=1S/C26H33N3O2/c1-4-31-23-11-9-22(10-12-23)25-17-24(21-7-5-19(2)6-8-21)27-29(25)26(30)18-28-15-13-20(3)14-16-28/h5-12,20,25H,4,13-18H2,1-3H3. The van der Waals surface area contributed by atoms with Crippen molar-refractivity contribution in [3.63, 3.8) is 0 Å². The molecular weight excluding hydrogens is 386 g/mol. The van der Waals surface area contributed by atoms with Gasteiger partial charge < -0.3 is 4.74 Å². The SMILES string of the molecule is CCOc1ccc(C2CC(c3ccc(C)cc3)=NN2C(=O)CN2CCC(C)CC2)cc1. The summed E-state index contributed by atoms with van der Waals surface area (Å²) in [5, 5.41) is 6.55. The van der Waals surface area contributed by atoms with Gasteiger partial charge in [-0.3, -0.25) is 9.69 Å². The first kappa shape index (κ1) is 21.6. The van der Waals surface area contributed by atoms with Gasteiger partial charge in [-0.1, -0.05) is 48.9 Å². The molecule has 2 aliphatic heterocycles. The Labute approximate surface area is 185 Å². The average molecular weight is 420 g/mol. The van der Waals surface area contributed by atoms with Crippen LogP contribution in [-0.2, 0) is 4.79 Å². The second-order valence-electron chi connectivity index (χ2n) is 8.83. The Hall–Kier alpha value is -2.66. The van der Waals surface area contributed by atoms with E-state index in [2.05, 4.69) is 55.1 Å². The molecule has 0 radical (unpaired) electrons. The van der Waals surface area contributed by atoms with Gasteiger partial charge in [0.15, 0.2) is 0 Å². The van der Waals surface area contributed by atoms with E-state index in [0.29, 0.717) is 13.2 Å². The minimum Gasteiger partial charge on any atom is -0.494 e. The maximum atomic E-state index is 13.3. The molecule has 2 heterocycles. The fourth-order valence-corrected chi connectivity index (χ4v) is 4.36. The molecule has 1 fully saturated rings. The fraction of sp³-hybridized carbons (Fsp3) is 0.462. The Morgan fingerprint density at radius 1 is 1.06 bits per heavy atom. The van der Waals surface area contributed by atoms with Gasteiger partial charge in [0, 0.05) is 6.42 Å². The van der Waals surface area contributed by atoms with Crippen LogP contribution < -0.4 is 4.74 Å². The van der Waals surface area contributed by atoms with E-state index in [1.165, 1.54) is 5.56 Å². The van der Waals surface area contributed by atoms with Crippen LogP contribution in [0.1, 0.15) is 55.8 Å². The van der Waals surface area contributed by atoms with Crippen molar-refractivity contribution in [1.82, 2.24) is 9.91 Å². The molecule has 5 heteroatoms. The largest absolute Gasteiger partial charge is 0.494 e. The number of likely N-dealkylation sites (tertiary alicyclic amines) is 1. The number of hydrazone groups is 1. The summed E-state index contributed by atoms with van der Waals surface area (Å²) in [7, 11) is 0. The van der Waals surface area contributed by atoms with Crippen LogP contribution in [0.5, 0.6) is 5.75 Å². The van der Waals surface area contributed by atoms with Crippen LogP contribution in [-0.4, -0.2) is 47.8 Å². The molecule has 1 atom stereocenters. The molecule has 0 N–H and O–H groups in total. The Balaban J connectivity index is 1.56. The van der Waals surface area contributed by atoms with Crippen molar-refractivity contribution < 1.29 is 9.53 Å². The molecule has 2 aromatic carbocycles. The Kier molecular flexibility index (Phi) is 6.71. The van der Waals surface area contributed by atoms with Gasteiger partial charge in [0.2, 0.25) is 0 Å². The molecule has 2 aliphatic rings. The number of benzene rings is 2. The summed E-state index contributed by atoms with van der Waals surface area (Å²) in [6, 6.07) is 16.4. The predicted molar refractivity (Wildman–Crippen MR) is 124 cm³/mol. The van der Waals surface area contributed by atoms with Crippen LogP contribution in [0.4, 0.5) is 0 Å². The zero-order chi connectivity index (χ0) is 21.8. The molecule has 2 aromatic rings. The number of aryl methyl sites for hydroxylation is 1. The summed E-state index contributed by atoms with van der Waals surface area (Å²) < 4.78 is 5.59. The predicted octanol–water partition coefficient (Wildman–Crippen LogP) is 4.80. The van der Waals surface area contributed by atoms with E-state index >= 15 is 0 Å². The molecule has 1 unspecified atom stereocenters. The van der Waals surface area contributed by atoms with Gasteiger partial charge >= 0.3 is 0 Å². The minimum absolute atomic E-state index is 0.0792. The van der Waals surface area contributed by atoms with Crippen molar-refractivity contribution in [3.05, 3.63) is 65.2 Å². The molecule has 0 aromatic heterocycles. The van der Waals surface area contributed by atoms with Crippen LogP contribution in [0.15, 0.2) is 53.6 Å². The molecule has 1 amide bonds. The van der Waals surface area contributed by atoms with E-state index in [4.69, 9.17) is 9.84 Å². The van der Waals surface area contributed by atoms with E-state index in [1.54, 1.807) is 5.01 Å². The molecule has 0 saturated carbocycles. The lowest BCUT2D eigenvalue weighted by atomic mass is 9.97. The van der Waals surface area contributed by atoms with Crippen LogP contribution in [0.25, 0.3) is 0 Å². The maximum absolute atomic E-state index is 13.3. The van der Waals surface area contributed by atoms with Gasteiger partial charge in [0.25, 0.3) is 5.91 Å². The number of carbonyl (C=O) groups is 1. The molecule has 31 heavy (non-hydrogen) atoms. The van der Waals surface area contributed by atoms with Gasteiger partial charge in [-0.2, -0.15) is 5.10 Å². The highest BCUT2D eigenvalue weighted by molar-refractivity contribution is 6.03. The van der Waals surface area contributed by atoms with Crippen molar-refractivity contribution in [1.29, 1.82) is 0 Å². The second-order valence-corrected chi connectivity index (χ2v) is 8.83. The number of hydrogen-bond donors (Lipinski definition) is 0. The van der Waals surface area contributed by atoms with Crippen LogP contribution in [0.2, 0.25) is 0 Å². The highest BCUT2D eigenvalue weighted by atomic mass is 16.5. The number of piperidine rings is 1. The number of carbonyl (C=O) groups excluding carboxylic acids is 1. The monoisotopic (exact) mass is 419 g/mol. The summed E-state index contributed by atoms with van der Waals surface area (Å²) in [6.45, 7) is 9.41. The third-order valence-electron chi connectivity index (χ3n) is 6.36. The molecule has 164 valence electrons. The van der Waals surface area contributed by atoms with Gasteiger partial charge in [0.05, 0.1) is 24.9 Å². The Morgan fingerprint density at radius 2 is 1.74 bits per heavy atom. The van der Waals surface area contributed by atoms with Crippen LogP contribution in [0, 0.1) is 12.8 Å². The van der Waals surface area contributed by atoms with Crippen molar-refractivity contribution in [2.24, 2.45) is 11.0 Å². The van der Waals surface area contributed by atoms with E-state index in [-0.39, 0.29) is 11.9 Å². The Morgan fingerprint density at radius 3 is 2.39 bits per heavy atom. The molecule has 1 saturated heterocycles. The number of rotatable bonds is 6. The van der Waals surface area contributed by atoms with Crippen molar-refractivity contribution in [2.75, 3.05) is 26.2 Å². The van der Waals surface area contributed by atoms with Crippen LogP contribution in [0.3, 0.4) is 0 Å². The third-order valence-corrected chi connectivity index (χ3v) is 6.36. The molecule has 5 nitrogen and oxygen atoms in total. The zero-order valence-corrected chi connectivity index (χ0v) is 18.9. The van der Waals surface area contributed by atoms with E-state index < -0.39 is 0 Å². The minimum atomic E-state index is -0.0804. The molecular formula is C26H33N3O2. The average Bonchev–Trinajstić information content (AvgIpc) is 3.22. The summed E-state index contributed by atoms with van der Waals surface area (Å²) in [6.07, 6.45) is 3.04. The lowest BCUT2D eigenvalue weighted by Crippen LogP contribution is -2.41. The molecule has 0 bridgehead atoms. The quantitative estimate of drug-likeness (QED) is 0.675. The van der Waals surface area contributed by atoms with E-state index in [9.17, 15) is 4.79 Å². The van der Waals surface area contributed by atoms with Crippen molar-refractivity contribution >= 4 is 11.6 Å². The first-order valence-corrected chi connectivity index (χ1v) is 11.4. The third kappa shape index (κ3) is 5.16. The first-order chi connectivity index (χ1) is 15.0. The molecule has 4 rings (SSSR count). The highest BCUT2D eigenvalue weighted by Gasteiger charge is 2.34. The van der Waals surface area contributed by atoms with Crippen molar-refractivity contribution in [2.45, 2.75) is 46.1 Å². The van der Waals surface area contributed by atoms with Gasteiger partial charge in [-0.15, -0.1) is 0 Å². The number of ether oxygens (including phenoxy) is 1. The number of nitrogens with zero attached hydrogens (tertiary/aromatic N) is 3. The Bertz CT molecular complexity index is 913. The lowest BCUT2D eigenvalue weighted by Gasteiger charge is -2.31. The number of amides is 1. The smallest absolute Gasteiger partial charge is 0.257 e. The molecule has 0 aliphatic carbocycles. The maximum Gasteiger partial charge on any atom is 0.257 e. The van der Waals surface area contributed by atoms with Gasteiger partial charge in [-0.05, 0) is 69.0 Å². The number of hydrogen-bond acceptors (Lipinski definition) is 4. The summed E-state index contributed by atoms with van der Waals surface area (Å²) in [4.78, 5) is 15.6. The van der Waals surface area contributed by atoms with Gasteiger partial charge in [0.1, 0.15) is 5.75 Å². The van der Waals surface area contributed by atoms with Gasteiger partial charge in [-0.25, -0.2) is 5.01 Å². The normalized spacial score (nSPS) is 20.0. The zero-order valence-electron chi connectivity index (χ0n) is 18.9. The van der Waals surface area contributed by atoms with Crippen LogP contribution >= 0.6 is 0 Å². The van der Waals surface area contributed by atoms with Crippen molar-refractivity contribution in [3.8, 4) is 5.75 Å². The highest BCUT2D eigenvalue weighted by Crippen LogP contribution is 2.34. The van der Waals surface area contributed by atoms with E-state index in [1.807, 2.05) is 19.1 Å². The fourth-order valence-electron chi connectivity index (χ4n) is 4.36. The summed E-state index contributed by atoms with van der Waals surface area (Å²) >= 11 is 0. The topological polar surface area (TPSA) is 45.1 Å². The van der Waals surface area contributed by atoms with E-state index in [0.717, 1.165) is 60.9 Å². The lowest BCUT2D eigenvalue weighted by molar-refractivity contribution is -0.134. The first-order valence-electron chi connectivity index (χ1n) is 11.4. The summed E-state index contributed by atoms with van der Waals surface area (Å²) in [5.74, 6) is 1.68. The summed E-state index contributed by atoms with van der Waals surface area (Å²) in [5.41, 5.74) is 4.37. The molecule has 0 spiro atoms.